The van der Waals surface area contributed by atoms with E-state index in [0.717, 1.165) is 44.0 Å². The third-order valence-electron chi connectivity index (χ3n) is 3.10. The Bertz CT molecular complexity index is 364. The number of ether oxygens (including phenoxy) is 2. The van der Waals surface area contributed by atoms with E-state index >= 15 is 0 Å². The molecule has 0 atom stereocenters. The van der Waals surface area contributed by atoms with Crippen molar-refractivity contribution in [2.45, 2.75) is 19.4 Å². The molecule has 2 N–H and O–H groups in total. The summed E-state index contributed by atoms with van der Waals surface area (Å²) < 4.78 is 11.1. The van der Waals surface area contributed by atoms with Crippen molar-refractivity contribution in [2.24, 2.45) is 11.7 Å². The summed E-state index contributed by atoms with van der Waals surface area (Å²) in [4.78, 5) is 0. The first-order chi connectivity index (χ1) is 8.31. The maximum atomic E-state index is 6.07. The Kier molecular flexibility index (Phi) is 4.66. The Morgan fingerprint density at radius 1 is 1.35 bits per heavy atom. The Hall–Kier alpha value is -0.770. The van der Waals surface area contributed by atoms with Gasteiger partial charge in [0, 0.05) is 30.3 Å². The van der Waals surface area contributed by atoms with Gasteiger partial charge in [0.2, 0.25) is 0 Å². The normalized spacial score (nSPS) is 17.1. The molecule has 4 heteroatoms. The Balaban J connectivity index is 1.95. The molecule has 1 saturated heterocycles. The molecule has 0 amide bonds. The number of halogens is 1. The van der Waals surface area contributed by atoms with Gasteiger partial charge in [-0.2, -0.15) is 0 Å². The lowest BCUT2D eigenvalue weighted by Crippen LogP contribution is -2.21. The first kappa shape index (κ1) is 12.7. The zero-order valence-corrected chi connectivity index (χ0v) is 10.6. The van der Waals surface area contributed by atoms with Gasteiger partial charge < -0.3 is 15.2 Å². The fourth-order valence-corrected chi connectivity index (χ4v) is 2.24. The Morgan fingerprint density at radius 2 is 2.12 bits per heavy atom. The first-order valence-electron chi connectivity index (χ1n) is 5.99. The van der Waals surface area contributed by atoms with Gasteiger partial charge in [-0.15, -0.1) is 0 Å². The summed E-state index contributed by atoms with van der Waals surface area (Å²) in [5.41, 5.74) is 6.57. The molecular formula is C13H18ClNO2. The Labute approximate surface area is 107 Å². The minimum atomic E-state index is 0.406. The van der Waals surface area contributed by atoms with Crippen molar-refractivity contribution in [3.63, 3.8) is 0 Å². The second kappa shape index (κ2) is 6.24. The van der Waals surface area contributed by atoms with Crippen molar-refractivity contribution in [1.29, 1.82) is 0 Å². The molecule has 1 aliphatic rings. The highest BCUT2D eigenvalue weighted by atomic mass is 35.5. The molecule has 0 aliphatic carbocycles. The van der Waals surface area contributed by atoms with Crippen molar-refractivity contribution >= 4 is 11.6 Å². The van der Waals surface area contributed by atoms with Gasteiger partial charge in [0.1, 0.15) is 5.75 Å². The minimum absolute atomic E-state index is 0.406. The summed E-state index contributed by atoms with van der Waals surface area (Å²) in [5, 5.41) is 0.678. The molecular weight excluding hydrogens is 238 g/mol. The van der Waals surface area contributed by atoms with Crippen LogP contribution in [-0.2, 0) is 11.3 Å². The highest BCUT2D eigenvalue weighted by Crippen LogP contribution is 2.27. The maximum Gasteiger partial charge on any atom is 0.125 e. The third kappa shape index (κ3) is 3.35. The SMILES string of the molecule is NCc1c(Cl)cccc1OCC1CCOCC1. The summed E-state index contributed by atoms with van der Waals surface area (Å²) in [6.07, 6.45) is 2.14. The van der Waals surface area contributed by atoms with Crippen LogP contribution in [0, 0.1) is 5.92 Å². The maximum absolute atomic E-state index is 6.07. The van der Waals surface area contributed by atoms with Crippen molar-refractivity contribution in [1.82, 2.24) is 0 Å². The fourth-order valence-electron chi connectivity index (χ4n) is 1.99. The van der Waals surface area contributed by atoms with Crippen LogP contribution in [0.25, 0.3) is 0 Å². The van der Waals surface area contributed by atoms with Crippen molar-refractivity contribution < 1.29 is 9.47 Å². The number of hydrogen-bond acceptors (Lipinski definition) is 3. The zero-order valence-electron chi connectivity index (χ0n) is 9.82. The molecule has 1 heterocycles. The molecule has 1 aliphatic heterocycles. The second-order valence-corrected chi connectivity index (χ2v) is 4.69. The highest BCUT2D eigenvalue weighted by molar-refractivity contribution is 6.31. The van der Waals surface area contributed by atoms with Crippen molar-refractivity contribution in [3.05, 3.63) is 28.8 Å². The summed E-state index contributed by atoms with van der Waals surface area (Å²) in [6, 6.07) is 5.65. The van der Waals surface area contributed by atoms with Crippen LogP contribution < -0.4 is 10.5 Å². The standard InChI is InChI=1S/C13H18ClNO2/c14-12-2-1-3-13(11(12)8-15)17-9-10-4-6-16-7-5-10/h1-3,10H,4-9,15H2. The molecule has 0 radical (unpaired) electrons. The number of rotatable bonds is 4. The second-order valence-electron chi connectivity index (χ2n) is 4.29. The van der Waals surface area contributed by atoms with Crippen molar-refractivity contribution in [2.75, 3.05) is 19.8 Å². The lowest BCUT2D eigenvalue weighted by molar-refractivity contribution is 0.0496. The van der Waals surface area contributed by atoms with Gasteiger partial charge in [-0.1, -0.05) is 17.7 Å². The molecule has 0 bridgehead atoms. The predicted molar refractivity (Wildman–Crippen MR) is 68.4 cm³/mol. The molecule has 0 saturated carbocycles. The summed E-state index contributed by atoms with van der Waals surface area (Å²) in [7, 11) is 0. The summed E-state index contributed by atoms with van der Waals surface area (Å²) in [5.74, 6) is 1.39. The van der Waals surface area contributed by atoms with E-state index < -0.39 is 0 Å². The van der Waals surface area contributed by atoms with Crippen LogP contribution in [0.2, 0.25) is 5.02 Å². The molecule has 1 aromatic rings. The van der Waals surface area contributed by atoms with Gasteiger partial charge in [0.05, 0.1) is 6.61 Å². The summed E-state index contributed by atoms with van der Waals surface area (Å²) in [6.45, 7) is 2.81. The molecule has 0 spiro atoms. The monoisotopic (exact) mass is 255 g/mol. The molecule has 0 aromatic heterocycles. The lowest BCUT2D eigenvalue weighted by atomic mass is 10.0. The average molecular weight is 256 g/mol. The van der Waals surface area contributed by atoms with Crippen molar-refractivity contribution in [3.8, 4) is 5.75 Å². The van der Waals surface area contributed by atoms with E-state index in [1.54, 1.807) is 0 Å². The molecule has 2 rings (SSSR count). The van der Waals surface area contributed by atoms with Gasteiger partial charge in [0.25, 0.3) is 0 Å². The molecule has 17 heavy (non-hydrogen) atoms. The van der Waals surface area contributed by atoms with Crippen LogP contribution in [0.15, 0.2) is 18.2 Å². The van der Waals surface area contributed by atoms with Crippen LogP contribution in [0.1, 0.15) is 18.4 Å². The number of benzene rings is 1. The van der Waals surface area contributed by atoms with Crippen LogP contribution in [0.5, 0.6) is 5.75 Å². The van der Waals surface area contributed by atoms with Gasteiger partial charge in [-0.25, -0.2) is 0 Å². The minimum Gasteiger partial charge on any atom is -0.493 e. The van der Waals surface area contributed by atoms with Gasteiger partial charge in [0.15, 0.2) is 0 Å². The molecule has 1 aromatic carbocycles. The topological polar surface area (TPSA) is 44.5 Å². The van der Waals surface area contributed by atoms with Crippen LogP contribution in [-0.4, -0.2) is 19.8 Å². The Morgan fingerprint density at radius 3 is 2.82 bits per heavy atom. The molecule has 0 unspecified atom stereocenters. The zero-order chi connectivity index (χ0) is 12.1. The van der Waals surface area contributed by atoms with Gasteiger partial charge >= 0.3 is 0 Å². The van der Waals surface area contributed by atoms with E-state index in [1.165, 1.54) is 0 Å². The van der Waals surface area contributed by atoms with E-state index in [-0.39, 0.29) is 0 Å². The lowest BCUT2D eigenvalue weighted by Gasteiger charge is -2.22. The predicted octanol–water partition coefficient (Wildman–Crippen LogP) is 2.60. The van der Waals surface area contributed by atoms with E-state index in [1.807, 2.05) is 18.2 Å². The number of hydrogen-bond donors (Lipinski definition) is 1. The molecule has 1 fully saturated rings. The average Bonchev–Trinajstić information content (AvgIpc) is 2.37. The highest BCUT2D eigenvalue weighted by Gasteiger charge is 2.15. The van der Waals surface area contributed by atoms with E-state index in [4.69, 9.17) is 26.8 Å². The van der Waals surface area contributed by atoms with Gasteiger partial charge in [-0.3, -0.25) is 0 Å². The molecule has 3 nitrogen and oxygen atoms in total. The van der Waals surface area contributed by atoms with E-state index in [2.05, 4.69) is 0 Å². The largest absolute Gasteiger partial charge is 0.493 e. The first-order valence-corrected chi connectivity index (χ1v) is 6.37. The van der Waals surface area contributed by atoms with Crippen LogP contribution in [0.3, 0.4) is 0 Å². The quantitative estimate of drug-likeness (QED) is 0.900. The molecule has 94 valence electrons. The summed E-state index contributed by atoms with van der Waals surface area (Å²) >= 11 is 6.07. The van der Waals surface area contributed by atoms with Crippen LogP contribution in [0.4, 0.5) is 0 Å². The third-order valence-corrected chi connectivity index (χ3v) is 3.45. The fraction of sp³-hybridized carbons (Fsp3) is 0.538. The van der Waals surface area contributed by atoms with E-state index in [0.29, 0.717) is 17.5 Å². The van der Waals surface area contributed by atoms with Gasteiger partial charge in [-0.05, 0) is 30.9 Å². The smallest absolute Gasteiger partial charge is 0.125 e. The van der Waals surface area contributed by atoms with Crippen LogP contribution >= 0.6 is 11.6 Å². The van der Waals surface area contributed by atoms with E-state index in [9.17, 15) is 0 Å². The number of nitrogens with two attached hydrogens (primary N) is 1.